The molecule has 2 rings (SSSR count). The molecule has 1 atom stereocenters. The number of hydrogen-bond donors (Lipinski definition) is 1. The number of rotatable bonds is 4. The van der Waals surface area contributed by atoms with Gasteiger partial charge in [-0.15, -0.1) is 0 Å². The van der Waals surface area contributed by atoms with Gasteiger partial charge in [0, 0.05) is 5.56 Å². The van der Waals surface area contributed by atoms with Crippen LogP contribution in [-0.2, 0) is 10.3 Å². The zero-order valence-corrected chi connectivity index (χ0v) is 11.9. The molecule has 1 saturated heterocycles. The first-order valence-corrected chi connectivity index (χ1v) is 7.36. The van der Waals surface area contributed by atoms with Crippen LogP contribution in [0.3, 0.4) is 0 Å². The molecule has 3 nitrogen and oxygen atoms in total. The zero-order valence-electron chi connectivity index (χ0n) is 11.9. The number of likely N-dealkylation sites (tertiary alicyclic amines) is 1. The van der Waals surface area contributed by atoms with E-state index in [0.717, 1.165) is 25.7 Å². The van der Waals surface area contributed by atoms with Gasteiger partial charge in [0.2, 0.25) is 0 Å². The van der Waals surface area contributed by atoms with Gasteiger partial charge >= 0.3 is 5.97 Å². The molecule has 1 unspecified atom stereocenters. The van der Waals surface area contributed by atoms with Crippen molar-refractivity contribution in [1.29, 1.82) is 0 Å². The Kier molecular flexibility index (Phi) is 4.76. The Balaban J connectivity index is 2.49. The Morgan fingerprint density at radius 3 is 2.35 bits per heavy atom. The van der Waals surface area contributed by atoms with Crippen molar-refractivity contribution in [2.45, 2.75) is 44.6 Å². The summed E-state index contributed by atoms with van der Waals surface area (Å²) in [6.07, 6.45) is 4.55. The highest BCUT2D eigenvalue weighted by atomic mass is 19.1. The highest BCUT2D eigenvalue weighted by Crippen LogP contribution is 2.36. The van der Waals surface area contributed by atoms with Crippen LogP contribution in [-0.4, -0.2) is 29.1 Å². The predicted octanol–water partition coefficient (Wildman–Crippen LogP) is 3.39. The van der Waals surface area contributed by atoms with Crippen LogP contribution in [0, 0.1) is 5.82 Å². The maximum atomic E-state index is 14.2. The summed E-state index contributed by atoms with van der Waals surface area (Å²) in [5.74, 6) is -1.38. The third-order valence-corrected chi connectivity index (χ3v) is 4.33. The van der Waals surface area contributed by atoms with Crippen LogP contribution >= 0.6 is 0 Å². The Bertz CT molecular complexity index is 469. The van der Waals surface area contributed by atoms with E-state index in [0.29, 0.717) is 19.5 Å². The van der Waals surface area contributed by atoms with Gasteiger partial charge in [-0.3, -0.25) is 4.90 Å². The Morgan fingerprint density at radius 1 is 1.25 bits per heavy atom. The number of aliphatic carboxylic acids is 1. The lowest BCUT2D eigenvalue weighted by atomic mass is 9.84. The van der Waals surface area contributed by atoms with Crippen molar-refractivity contribution in [2.75, 3.05) is 13.1 Å². The molecular formula is C16H22FNO2. The molecule has 0 radical (unpaired) electrons. The minimum Gasteiger partial charge on any atom is -0.480 e. The van der Waals surface area contributed by atoms with E-state index in [4.69, 9.17) is 0 Å². The average molecular weight is 279 g/mol. The third kappa shape index (κ3) is 2.57. The highest BCUT2D eigenvalue weighted by Gasteiger charge is 2.45. The van der Waals surface area contributed by atoms with Crippen LogP contribution in [0.25, 0.3) is 0 Å². The third-order valence-electron chi connectivity index (χ3n) is 4.33. The van der Waals surface area contributed by atoms with Crippen LogP contribution in [0.5, 0.6) is 0 Å². The largest absolute Gasteiger partial charge is 0.480 e. The minimum atomic E-state index is -1.24. The number of benzene rings is 1. The van der Waals surface area contributed by atoms with Gasteiger partial charge in [-0.2, -0.15) is 0 Å². The van der Waals surface area contributed by atoms with Gasteiger partial charge in [-0.25, -0.2) is 9.18 Å². The van der Waals surface area contributed by atoms with Crippen molar-refractivity contribution in [3.63, 3.8) is 0 Å². The van der Waals surface area contributed by atoms with E-state index in [1.165, 1.54) is 6.07 Å². The van der Waals surface area contributed by atoms with Gasteiger partial charge in [0.15, 0.2) is 0 Å². The summed E-state index contributed by atoms with van der Waals surface area (Å²) >= 11 is 0. The Labute approximate surface area is 119 Å². The molecule has 0 saturated carbocycles. The fourth-order valence-corrected chi connectivity index (χ4v) is 3.24. The summed E-state index contributed by atoms with van der Waals surface area (Å²) in [5.41, 5.74) is -0.952. The molecular weight excluding hydrogens is 257 g/mol. The molecule has 1 aromatic rings. The summed E-state index contributed by atoms with van der Waals surface area (Å²) in [4.78, 5) is 14.0. The topological polar surface area (TPSA) is 40.5 Å². The van der Waals surface area contributed by atoms with Gasteiger partial charge < -0.3 is 5.11 Å². The summed E-state index contributed by atoms with van der Waals surface area (Å²) in [5, 5.41) is 9.84. The molecule has 110 valence electrons. The lowest BCUT2D eigenvalue weighted by Crippen LogP contribution is -2.52. The summed E-state index contributed by atoms with van der Waals surface area (Å²) in [6, 6.07) is 6.27. The molecule has 1 aliphatic heterocycles. The monoisotopic (exact) mass is 279 g/mol. The van der Waals surface area contributed by atoms with E-state index in [1.54, 1.807) is 18.2 Å². The second-order valence-electron chi connectivity index (χ2n) is 5.40. The summed E-state index contributed by atoms with van der Waals surface area (Å²) in [7, 11) is 0. The molecule has 0 bridgehead atoms. The SMILES string of the molecule is CCC(C(=O)O)(c1ccccc1F)N1CCCCCC1. The van der Waals surface area contributed by atoms with E-state index < -0.39 is 17.3 Å². The van der Waals surface area contributed by atoms with Crippen molar-refractivity contribution < 1.29 is 14.3 Å². The average Bonchev–Trinajstić information content (AvgIpc) is 2.71. The number of carbonyl (C=O) groups is 1. The Morgan fingerprint density at radius 2 is 1.85 bits per heavy atom. The molecule has 4 heteroatoms. The molecule has 20 heavy (non-hydrogen) atoms. The molecule has 0 aromatic heterocycles. The lowest BCUT2D eigenvalue weighted by Gasteiger charge is -2.40. The molecule has 0 spiro atoms. The van der Waals surface area contributed by atoms with Crippen LogP contribution in [0.15, 0.2) is 24.3 Å². The van der Waals surface area contributed by atoms with Crippen molar-refractivity contribution in [3.05, 3.63) is 35.6 Å². The van der Waals surface area contributed by atoms with Crippen molar-refractivity contribution in [1.82, 2.24) is 4.90 Å². The number of halogens is 1. The first-order chi connectivity index (χ1) is 9.63. The molecule has 0 amide bonds. The van der Waals surface area contributed by atoms with Crippen LogP contribution in [0.4, 0.5) is 4.39 Å². The zero-order chi connectivity index (χ0) is 14.6. The molecule has 1 fully saturated rings. The second-order valence-corrected chi connectivity index (χ2v) is 5.40. The lowest BCUT2D eigenvalue weighted by molar-refractivity contribution is -0.153. The maximum Gasteiger partial charge on any atom is 0.328 e. The standard InChI is InChI=1S/C16H22FNO2/c1-2-16(15(19)20,13-9-5-6-10-14(13)17)18-11-7-3-4-8-12-18/h5-6,9-10H,2-4,7-8,11-12H2,1H3,(H,19,20). The van der Waals surface area contributed by atoms with Crippen molar-refractivity contribution in [3.8, 4) is 0 Å². The molecule has 0 aliphatic carbocycles. The molecule has 1 N–H and O–H groups in total. The number of hydrogen-bond acceptors (Lipinski definition) is 2. The van der Waals surface area contributed by atoms with Gasteiger partial charge in [-0.1, -0.05) is 38.0 Å². The fourth-order valence-electron chi connectivity index (χ4n) is 3.24. The van der Waals surface area contributed by atoms with Gasteiger partial charge in [-0.05, 0) is 38.4 Å². The van der Waals surface area contributed by atoms with E-state index in [1.807, 2.05) is 11.8 Å². The van der Waals surface area contributed by atoms with E-state index in [2.05, 4.69) is 0 Å². The fraction of sp³-hybridized carbons (Fsp3) is 0.562. The van der Waals surface area contributed by atoms with E-state index in [-0.39, 0.29) is 5.56 Å². The maximum absolute atomic E-state index is 14.2. The first kappa shape index (κ1) is 15.0. The van der Waals surface area contributed by atoms with Crippen LogP contribution in [0.1, 0.15) is 44.6 Å². The second kappa shape index (κ2) is 6.35. The molecule has 1 aromatic carbocycles. The summed E-state index contributed by atoms with van der Waals surface area (Å²) < 4.78 is 14.2. The first-order valence-electron chi connectivity index (χ1n) is 7.36. The summed E-state index contributed by atoms with van der Waals surface area (Å²) in [6.45, 7) is 3.26. The predicted molar refractivity (Wildman–Crippen MR) is 76.0 cm³/mol. The van der Waals surface area contributed by atoms with Gasteiger partial charge in [0.05, 0.1) is 0 Å². The molecule has 1 aliphatic rings. The van der Waals surface area contributed by atoms with E-state index >= 15 is 0 Å². The quantitative estimate of drug-likeness (QED) is 0.918. The van der Waals surface area contributed by atoms with Crippen molar-refractivity contribution in [2.24, 2.45) is 0 Å². The van der Waals surface area contributed by atoms with Crippen molar-refractivity contribution >= 4 is 5.97 Å². The smallest absolute Gasteiger partial charge is 0.328 e. The minimum absolute atomic E-state index is 0.289. The Hall–Kier alpha value is -1.42. The highest BCUT2D eigenvalue weighted by molar-refractivity contribution is 5.81. The number of carboxylic acids is 1. The number of nitrogens with zero attached hydrogens (tertiary/aromatic N) is 1. The van der Waals surface area contributed by atoms with Crippen LogP contribution < -0.4 is 0 Å². The number of carboxylic acid groups (broad SMARTS) is 1. The molecule has 1 heterocycles. The van der Waals surface area contributed by atoms with Crippen LogP contribution in [0.2, 0.25) is 0 Å². The van der Waals surface area contributed by atoms with Gasteiger partial charge in [0.25, 0.3) is 0 Å². The van der Waals surface area contributed by atoms with E-state index in [9.17, 15) is 14.3 Å². The van der Waals surface area contributed by atoms with Gasteiger partial charge in [0.1, 0.15) is 11.4 Å². The normalized spacial score (nSPS) is 20.1.